The van der Waals surface area contributed by atoms with Crippen molar-refractivity contribution < 1.29 is 28.5 Å². The van der Waals surface area contributed by atoms with Crippen LogP contribution in [-0.4, -0.2) is 39.7 Å². The van der Waals surface area contributed by atoms with Crippen LogP contribution in [0.25, 0.3) is 0 Å². The van der Waals surface area contributed by atoms with E-state index in [0.29, 0.717) is 41.2 Å². The minimum absolute atomic E-state index is 0.0404. The number of nitrogens with two attached hydrogens (primary N) is 1. The van der Waals surface area contributed by atoms with Gasteiger partial charge in [0, 0.05) is 23.4 Å². The smallest absolute Gasteiger partial charge is 0.338 e. The second-order valence-corrected chi connectivity index (χ2v) is 10.4. The molecule has 2 aromatic rings. The molecule has 1 atom stereocenters. The van der Waals surface area contributed by atoms with E-state index in [-0.39, 0.29) is 29.2 Å². The maximum absolute atomic E-state index is 13.9. The highest BCUT2D eigenvalue weighted by molar-refractivity contribution is 6.05. The number of rotatable bonds is 7. The Bertz CT molecular complexity index is 1300. The molecule has 1 heterocycles. The topological polar surface area (TPSA) is 100 Å². The summed E-state index contributed by atoms with van der Waals surface area (Å²) in [5, 5.41) is 0. The summed E-state index contributed by atoms with van der Waals surface area (Å²) in [6, 6.07) is 11.4. The molecule has 0 saturated carbocycles. The van der Waals surface area contributed by atoms with Gasteiger partial charge in [-0.3, -0.25) is 9.69 Å². The molecule has 0 bridgehead atoms. The molecule has 2 N–H and O–H groups in total. The number of Topliss-reactive ketones (excluding diaryl/α,β-unsaturated/α-hetero) is 1. The van der Waals surface area contributed by atoms with E-state index in [0.717, 1.165) is 16.9 Å². The fourth-order valence-corrected chi connectivity index (χ4v) is 5.41. The van der Waals surface area contributed by atoms with Gasteiger partial charge in [0.2, 0.25) is 5.75 Å². The van der Waals surface area contributed by atoms with Crippen LogP contribution in [0.1, 0.15) is 50.7 Å². The number of benzene rings is 2. The van der Waals surface area contributed by atoms with Crippen molar-refractivity contribution in [2.24, 2.45) is 11.1 Å². The lowest BCUT2D eigenvalue weighted by atomic mass is 9.68. The molecule has 0 spiro atoms. The van der Waals surface area contributed by atoms with Crippen molar-refractivity contribution >= 4 is 17.4 Å². The standard InChI is InChI=1S/C30H36N2O6/c1-8-38-29(34)26-24(18-13-22(35-5)27(37-7)23(14-18)36-6)25-20(15-30(3,4)16-21(25)33)32(28(26)31)19-11-9-17(2)10-12-19/h9-14,24H,8,15-16,31H2,1-7H3. The van der Waals surface area contributed by atoms with Crippen molar-refractivity contribution in [2.45, 2.75) is 46.5 Å². The van der Waals surface area contributed by atoms with Crippen LogP contribution in [0.5, 0.6) is 17.2 Å². The number of ketones is 1. The van der Waals surface area contributed by atoms with Gasteiger partial charge in [-0.2, -0.15) is 0 Å². The van der Waals surface area contributed by atoms with Gasteiger partial charge < -0.3 is 24.7 Å². The minimum Gasteiger partial charge on any atom is -0.493 e. The summed E-state index contributed by atoms with van der Waals surface area (Å²) in [6.07, 6.45) is 0.935. The molecule has 0 saturated heterocycles. The number of aryl methyl sites for hydroxylation is 1. The van der Waals surface area contributed by atoms with Gasteiger partial charge in [-0.05, 0) is 55.5 Å². The number of anilines is 1. The molecule has 4 rings (SSSR count). The highest BCUT2D eigenvalue weighted by atomic mass is 16.5. The molecule has 0 amide bonds. The van der Waals surface area contributed by atoms with E-state index in [4.69, 9.17) is 24.7 Å². The van der Waals surface area contributed by atoms with Crippen LogP contribution in [0.3, 0.4) is 0 Å². The third kappa shape index (κ3) is 4.71. The Morgan fingerprint density at radius 1 is 1.03 bits per heavy atom. The summed E-state index contributed by atoms with van der Waals surface area (Å²) >= 11 is 0. The fourth-order valence-electron chi connectivity index (χ4n) is 5.41. The normalized spacial score (nSPS) is 18.8. The summed E-state index contributed by atoms with van der Waals surface area (Å²) in [5.41, 5.74) is 10.6. The van der Waals surface area contributed by atoms with Gasteiger partial charge in [0.25, 0.3) is 0 Å². The Morgan fingerprint density at radius 3 is 2.16 bits per heavy atom. The van der Waals surface area contributed by atoms with Gasteiger partial charge >= 0.3 is 5.97 Å². The quantitative estimate of drug-likeness (QED) is 0.509. The highest BCUT2D eigenvalue weighted by Gasteiger charge is 2.47. The molecule has 1 aliphatic heterocycles. The molecule has 0 fully saturated rings. The van der Waals surface area contributed by atoms with Gasteiger partial charge in [0.15, 0.2) is 17.3 Å². The molecule has 38 heavy (non-hydrogen) atoms. The van der Waals surface area contributed by atoms with Crippen LogP contribution < -0.4 is 24.8 Å². The van der Waals surface area contributed by atoms with Crippen molar-refractivity contribution in [1.82, 2.24) is 0 Å². The van der Waals surface area contributed by atoms with E-state index in [9.17, 15) is 9.59 Å². The lowest BCUT2D eigenvalue weighted by Crippen LogP contribution is -2.43. The van der Waals surface area contributed by atoms with E-state index in [1.165, 1.54) is 21.3 Å². The van der Waals surface area contributed by atoms with E-state index < -0.39 is 11.9 Å². The number of hydrogen-bond acceptors (Lipinski definition) is 8. The predicted octanol–water partition coefficient (Wildman–Crippen LogP) is 5.00. The van der Waals surface area contributed by atoms with Gasteiger partial charge in [0.1, 0.15) is 5.82 Å². The Hall–Kier alpha value is -3.94. The van der Waals surface area contributed by atoms with Crippen molar-refractivity contribution in [3.05, 3.63) is 70.2 Å². The first-order chi connectivity index (χ1) is 18.1. The molecule has 0 aromatic heterocycles. The number of allylic oxidation sites excluding steroid dienone is 2. The van der Waals surface area contributed by atoms with E-state index >= 15 is 0 Å². The summed E-state index contributed by atoms with van der Waals surface area (Å²) in [5.74, 6) is 0.0752. The predicted molar refractivity (Wildman–Crippen MR) is 145 cm³/mol. The lowest BCUT2D eigenvalue weighted by Gasteiger charge is -2.44. The summed E-state index contributed by atoms with van der Waals surface area (Å²) in [7, 11) is 4.57. The van der Waals surface area contributed by atoms with Gasteiger partial charge in [-0.25, -0.2) is 4.79 Å². The zero-order chi connectivity index (χ0) is 27.8. The van der Waals surface area contributed by atoms with Crippen molar-refractivity contribution in [2.75, 3.05) is 32.8 Å². The van der Waals surface area contributed by atoms with Gasteiger partial charge in [-0.1, -0.05) is 31.5 Å². The van der Waals surface area contributed by atoms with Gasteiger partial charge in [0.05, 0.1) is 39.4 Å². The zero-order valence-corrected chi connectivity index (χ0v) is 23.1. The number of ether oxygens (including phenoxy) is 4. The van der Waals surface area contributed by atoms with Crippen molar-refractivity contribution in [1.29, 1.82) is 0 Å². The average molecular weight is 521 g/mol. The molecule has 202 valence electrons. The summed E-state index contributed by atoms with van der Waals surface area (Å²) in [4.78, 5) is 29.3. The molecule has 8 heteroatoms. The molecule has 2 aliphatic rings. The third-order valence-corrected chi connectivity index (χ3v) is 7.07. The van der Waals surface area contributed by atoms with Crippen LogP contribution in [0.4, 0.5) is 5.69 Å². The van der Waals surface area contributed by atoms with E-state index in [2.05, 4.69) is 13.8 Å². The first kappa shape index (κ1) is 27.1. The van der Waals surface area contributed by atoms with E-state index in [1.54, 1.807) is 19.1 Å². The maximum Gasteiger partial charge on any atom is 0.338 e. The molecule has 1 aliphatic carbocycles. The summed E-state index contributed by atoms with van der Waals surface area (Å²) < 4.78 is 22.2. The van der Waals surface area contributed by atoms with Gasteiger partial charge in [-0.15, -0.1) is 0 Å². The molecule has 1 unspecified atom stereocenters. The fraction of sp³-hybridized carbons (Fsp3) is 0.400. The average Bonchev–Trinajstić information content (AvgIpc) is 2.87. The van der Waals surface area contributed by atoms with Crippen molar-refractivity contribution in [3.63, 3.8) is 0 Å². The number of carbonyl (C=O) groups is 2. The third-order valence-electron chi connectivity index (χ3n) is 7.07. The highest BCUT2D eigenvalue weighted by Crippen LogP contribution is 2.52. The minimum atomic E-state index is -0.775. The largest absolute Gasteiger partial charge is 0.493 e. The molecule has 8 nitrogen and oxygen atoms in total. The second kappa shape index (κ2) is 10.4. The van der Waals surface area contributed by atoms with Crippen molar-refractivity contribution in [3.8, 4) is 17.2 Å². The number of hydrogen-bond donors (Lipinski definition) is 1. The van der Waals surface area contributed by atoms with E-state index in [1.807, 2.05) is 36.1 Å². The Labute approximate surface area is 224 Å². The number of methoxy groups -OCH3 is 3. The first-order valence-corrected chi connectivity index (χ1v) is 12.7. The van der Waals surface area contributed by atoms with Crippen LogP contribution in [0.2, 0.25) is 0 Å². The Balaban J connectivity index is 2.07. The number of nitrogens with zero attached hydrogens (tertiary/aromatic N) is 1. The Morgan fingerprint density at radius 2 is 1.63 bits per heavy atom. The monoisotopic (exact) mass is 520 g/mol. The molecule has 2 aromatic carbocycles. The maximum atomic E-state index is 13.9. The molecule has 0 radical (unpaired) electrons. The second-order valence-electron chi connectivity index (χ2n) is 10.4. The van der Waals surface area contributed by atoms with Crippen LogP contribution >= 0.6 is 0 Å². The molecular formula is C30H36N2O6. The van der Waals surface area contributed by atoms with Crippen LogP contribution in [0, 0.1) is 12.3 Å². The first-order valence-electron chi connectivity index (χ1n) is 12.7. The lowest BCUT2D eigenvalue weighted by molar-refractivity contribution is -0.138. The Kier molecular flexibility index (Phi) is 7.44. The summed E-state index contributed by atoms with van der Waals surface area (Å²) in [6.45, 7) is 8.04. The van der Waals surface area contributed by atoms with Crippen LogP contribution in [0.15, 0.2) is 59.1 Å². The zero-order valence-electron chi connectivity index (χ0n) is 23.1. The molecular weight excluding hydrogens is 484 g/mol. The number of carbonyl (C=O) groups excluding carboxylic acids is 2. The number of esters is 1. The SMILES string of the molecule is CCOC(=O)C1=C(N)N(c2ccc(C)cc2)C2=C(C(=O)CC(C)(C)C2)C1c1cc(OC)c(OC)c(OC)c1. The van der Waals surface area contributed by atoms with Crippen LogP contribution in [-0.2, 0) is 14.3 Å².